The number of carbonyl (C=O) groups excluding carboxylic acids is 1. The molecule has 1 aliphatic heterocycles. The van der Waals surface area contributed by atoms with E-state index in [1.54, 1.807) is 13.2 Å². The van der Waals surface area contributed by atoms with Crippen molar-refractivity contribution in [1.82, 2.24) is 0 Å². The first-order chi connectivity index (χ1) is 14.6. The standard InChI is InChI=1S/C26H31N3O2/c1-16-9-8-10-22(18(16)3)28-25(30)20(15-27)11-19-12-21-17(2)14-26(4,5)29(6)23(21)13-24(19)31-7/h8-13,17H,14H2,1-7H3,(H,28,30)/b20-11+. The highest BCUT2D eigenvalue weighted by atomic mass is 16.5. The zero-order valence-electron chi connectivity index (χ0n) is 19.5. The molecule has 1 aliphatic rings. The van der Waals surface area contributed by atoms with Crippen LogP contribution in [0.5, 0.6) is 5.75 Å². The minimum absolute atomic E-state index is 0.0382. The van der Waals surface area contributed by atoms with Crippen molar-refractivity contribution in [3.63, 3.8) is 0 Å². The number of anilines is 2. The van der Waals surface area contributed by atoms with E-state index in [0.717, 1.165) is 28.8 Å². The second-order valence-corrected chi connectivity index (χ2v) is 9.00. The summed E-state index contributed by atoms with van der Waals surface area (Å²) in [5.41, 5.74) is 5.90. The number of benzene rings is 2. The van der Waals surface area contributed by atoms with Crippen LogP contribution in [0, 0.1) is 25.2 Å². The SMILES string of the molecule is COc1cc2c(cc1/C=C(\C#N)C(=O)Nc1cccc(C)c1C)C(C)CC(C)(C)N2C. The zero-order chi connectivity index (χ0) is 22.9. The number of nitrogens with zero attached hydrogens (tertiary/aromatic N) is 2. The Morgan fingerprint density at radius 1 is 1.32 bits per heavy atom. The Bertz CT molecular complexity index is 1090. The van der Waals surface area contributed by atoms with Gasteiger partial charge in [-0.15, -0.1) is 0 Å². The highest BCUT2D eigenvalue weighted by molar-refractivity contribution is 6.10. The predicted octanol–water partition coefficient (Wildman–Crippen LogP) is 5.58. The molecule has 2 aromatic carbocycles. The minimum atomic E-state index is -0.428. The number of fused-ring (bicyclic) bond motifs is 1. The summed E-state index contributed by atoms with van der Waals surface area (Å²) in [5.74, 6) is 0.568. The summed E-state index contributed by atoms with van der Waals surface area (Å²) in [7, 11) is 3.71. The van der Waals surface area contributed by atoms with Gasteiger partial charge in [-0.25, -0.2) is 0 Å². The van der Waals surface area contributed by atoms with Crippen LogP contribution in [0.4, 0.5) is 11.4 Å². The van der Waals surface area contributed by atoms with Crippen LogP contribution < -0.4 is 15.0 Å². The first kappa shape index (κ1) is 22.4. The van der Waals surface area contributed by atoms with Gasteiger partial charge in [0.2, 0.25) is 0 Å². The second-order valence-electron chi connectivity index (χ2n) is 9.00. The molecule has 0 radical (unpaired) electrons. The van der Waals surface area contributed by atoms with E-state index < -0.39 is 5.91 Å². The van der Waals surface area contributed by atoms with Gasteiger partial charge in [-0.05, 0) is 74.9 Å². The summed E-state index contributed by atoms with van der Waals surface area (Å²) in [6, 6.07) is 11.8. The van der Waals surface area contributed by atoms with E-state index in [1.807, 2.05) is 44.2 Å². The van der Waals surface area contributed by atoms with Crippen molar-refractivity contribution in [1.29, 1.82) is 5.26 Å². The van der Waals surface area contributed by atoms with Gasteiger partial charge in [0.05, 0.1) is 7.11 Å². The molecule has 0 saturated carbocycles. The fourth-order valence-electron chi connectivity index (χ4n) is 4.28. The van der Waals surface area contributed by atoms with Gasteiger partial charge in [0.15, 0.2) is 0 Å². The van der Waals surface area contributed by atoms with E-state index in [0.29, 0.717) is 17.4 Å². The molecule has 1 heterocycles. The van der Waals surface area contributed by atoms with Crippen LogP contribution >= 0.6 is 0 Å². The molecular formula is C26H31N3O2. The molecule has 5 heteroatoms. The Hall–Kier alpha value is -3.26. The normalized spacial score (nSPS) is 17.5. The van der Waals surface area contributed by atoms with Crippen molar-refractivity contribution in [2.75, 3.05) is 24.4 Å². The topological polar surface area (TPSA) is 65.4 Å². The third-order valence-corrected chi connectivity index (χ3v) is 6.50. The van der Waals surface area contributed by atoms with Crippen LogP contribution in [0.1, 0.15) is 55.4 Å². The van der Waals surface area contributed by atoms with Gasteiger partial charge in [-0.2, -0.15) is 5.26 Å². The molecule has 2 aromatic rings. The number of rotatable bonds is 4. The van der Waals surface area contributed by atoms with Gasteiger partial charge >= 0.3 is 0 Å². The number of methoxy groups -OCH3 is 1. The number of amides is 1. The highest BCUT2D eigenvalue weighted by Gasteiger charge is 2.34. The van der Waals surface area contributed by atoms with Crippen LogP contribution in [-0.2, 0) is 4.79 Å². The molecule has 1 atom stereocenters. The van der Waals surface area contributed by atoms with E-state index in [-0.39, 0.29) is 11.1 Å². The van der Waals surface area contributed by atoms with Gasteiger partial charge in [0.1, 0.15) is 17.4 Å². The van der Waals surface area contributed by atoms with Gasteiger partial charge in [0.25, 0.3) is 5.91 Å². The molecule has 5 nitrogen and oxygen atoms in total. The number of nitriles is 1. The first-order valence-corrected chi connectivity index (χ1v) is 10.5. The average molecular weight is 418 g/mol. The lowest BCUT2D eigenvalue weighted by Crippen LogP contribution is -2.45. The predicted molar refractivity (Wildman–Crippen MR) is 127 cm³/mol. The Labute approximate surface area is 185 Å². The molecule has 0 bridgehead atoms. The lowest BCUT2D eigenvalue weighted by molar-refractivity contribution is -0.112. The number of hydrogen-bond acceptors (Lipinski definition) is 4. The molecule has 31 heavy (non-hydrogen) atoms. The maximum Gasteiger partial charge on any atom is 0.266 e. The molecule has 1 amide bonds. The lowest BCUT2D eigenvalue weighted by Gasteiger charge is -2.45. The molecule has 1 N–H and O–H groups in total. The molecular weight excluding hydrogens is 386 g/mol. The molecule has 162 valence electrons. The summed E-state index contributed by atoms with van der Waals surface area (Å²) in [6.45, 7) is 10.6. The van der Waals surface area contributed by atoms with Crippen LogP contribution in [0.2, 0.25) is 0 Å². The number of ether oxygens (including phenoxy) is 1. The maximum atomic E-state index is 12.9. The third kappa shape index (κ3) is 4.29. The Kier molecular flexibility index (Phi) is 6.13. The van der Waals surface area contributed by atoms with Crippen LogP contribution in [0.3, 0.4) is 0 Å². The van der Waals surface area contributed by atoms with E-state index in [2.05, 4.69) is 44.1 Å². The lowest BCUT2D eigenvalue weighted by atomic mass is 9.80. The van der Waals surface area contributed by atoms with Crippen molar-refractivity contribution >= 4 is 23.4 Å². The molecule has 0 aliphatic carbocycles. The largest absolute Gasteiger partial charge is 0.496 e. The monoisotopic (exact) mass is 417 g/mol. The highest BCUT2D eigenvalue weighted by Crippen LogP contribution is 2.45. The smallest absolute Gasteiger partial charge is 0.266 e. The maximum absolute atomic E-state index is 12.9. The van der Waals surface area contributed by atoms with Crippen molar-refractivity contribution in [3.05, 3.63) is 58.2 Å². The Balaban J connectivity index is 2.01. The minimum Gasteiger partial charge on any atom is -0.496 e. The molecule has 0 aromatic heterocycles. The summed E-state index contributed by atoms with van der Waals surface area (Å²) in [5, 5.41) is 12.6. The van der Waals surface area contributed by atoms with Crippen LogP contribution in [0.15, 0.2) is 35.9 Å². The first-order valence-electron chi connectivity index (χ1n) is 10.5. The van der Waals surface area contributed by atoms with E-state index >= 15 is 0 Å². The van der Waals surface area contributed by atoms with E-state index in [9.17, 15) is 10.1 Å². The molecule has 1 unspecified atom stereocenters. The fourth-order valence-corrected chi connectivity index (χ4v) is 4.28. The molecule has 0 spiro atoms. The Morgan fingerprint density at radius 2 is 2.03 bits per heavy atom. The van der Waals surface area contributed by atoms with Gasteiger partial charge in [0, 0.05) is 35.6 Å². The van der Waals surface area contributed by atoms with Crippen molar-refractivity contribution in [3.8, 4) is 11.8 Å². The van der Waals surface area contributed by atoms with Gasteiger partial charge < -0.3 is 15.0 Å². The number of aryl methyl sites for hydroxylation is 1. The number of nitrogens with one attached hydrogen (secondary N) is 1. The third-order valence-electron chi connectivity index (χ3n) is 6.50. The molecule has 3 rings (SSSR count). The van der Waals surface area contributed by atoms with E-state index in [1.165, 1.54) is 5.56 Å². The van der Waals surface area contributed by atoms with Gasteiger partial charge in [-0.1, -0.05) is 19.1 Å². The average Bonchev–Trinajstić information content (AvgIpc) is 2.72. The van der Waals surface area contributed by atoms with Crippen molar-refractivity contribution < 1.29 is 9.53 Å². The van der Waals surface area contributed by atoms with Crippen LogP contribution in [-0.4, -0.2) is 25.6 Å². The number of hydrogen-bond donors (Lipinski definition) is 1. The summed E-state index contributed by atoms with van der Waals surface area (Å²) >= 11 is 0. The summed E-state index contributed by atoms with van der Waals surface area (Å²) in [4.78, 5) is 15.1. The summed E-state index contributed by atoms with van der Waals surface area (Å²) in [6.07, 6.45) is 2.64. The molecule has 0 saturated heterocycles. The number of carbonyl (C=O) groups is 1. The van der Waals surface area contributed by atoms with E-state index in [4.69, 9.17) is 4.74 Å². The Morgan fingerprint density at radius 3 is 2.68 bits per heavy atom. The quantitative estimate of drug-likeness (QED) is 0.521. The van der Waals surface area contributed by atoms with Crippen LogP contribution in [0.25, 0.3) is 6.08 Å². The van der Waals surface area contributed by atoms with Crippen molar-refractivity contribution in [2.45, 2.75) is 52.5 Å². The summed E-state index contributed by atoms with van der Waals surface area (Å²) < 4.78 is 5.63. The molecule has 0 fully saturated rings. The fraction of sp³-hybridized carbons (Fsp3) is 0.385. The zero-order valence-corrected chi connectivity index (χ0v) is 19.5. The van der Waals surface area contributed by atoms with Crippen molar-refractivity contribution in [2.24, 2.45) is 0 Å². The van der Waals surface area contributed by atoms with Gasteiger partial charge in [-0.3, -0.25) is 4.79 Å². The second kappa shape index (κ2) is 8.47.